The van der Waals surface area contributed by atoms with Crippen molar-refractivity contribution in [2.24, 2.45) is 0 Å². The van der Waals surface area contributed by atoms with Gasteiger partial charge in [0.15, 0.2) is 0 Å². The molecule has 0 saturated carbocycles. The van der Waals surface area contributed by atoms with E-state index >= 15 is 0 Å². The van der Waals surface area contributed by atoms with Crippen molar-refractivity contribution < 1.29 is 4.74 Å². The third kappa shape index (κ3) is 6.60. The van der Waals surface area contributed by atoms with Crippen molar-refractivity contribution in [3.8, 4) is 5.75 Å². The van der Waals surface area contributed by atoms with Crippen LogP contribution in [0, 0.1) is 0 Å². The molecule has 5 heteroatoms. The molecular formula is C18H22Cl3NO. The number of hydrogen-bond acceptors (Lipinski definition) is 2. The summed E-state index contributed by atoms with van der Waals surface area (Å²) in [7, 11) is 0. The maximum atomic E-state index is 6.13. The molecule has 2 rings (SSSR count). The zero-order valence-electron chi connectivity index (χ0n) is 13.3. The normalized spacial score (nSPS) is 11.7. The highest BCUT2D eigenvalue weighted by atomic mass is 35.5. The molecule has 2 nitrogen and oxygen atoms in total. The van der Waals surface area contributed by atoms with Crippen LogP contribution in [-0.2, 0) is 13.2 Å². The Kier molecular flexibility index (Phi) is 8.78. The van der Waals surface area contributed by atoms with Gasteiger partial charge in [0.25, 0.3) is 0 Å². The lowest BCUT2D eigenvalue weighted by Gasteiger charge is -2.12. The van der Waals surface area contributed by atoms with E-state index in [9.17, 15) is 0 Å². The summed E-state index contributed by atoms with van der Waals surface area (Å²) in [6, 6.07) is 14.1. The molecule has 2 aromatic rings. The van der Waals surface area contributed by atoms with Crippen molar-refractivity contribution in [1.82, 2.24) is 5.32 Å². The fourth-order valence-corrected chi connectivity index (χ4v) is 2.40. The second-order valence-corrected chi connectivity index (χ2v) is 6.20. The number of halogens is 3. The highest BCUT2D eigenvalue weighted by Gasteiger charge is 2.03. The van der Waals surface area contributed by atoms with Crippen LogP contribution in [0.5, 0.6) is 5.75 Å². The van der Waals surface area contributed by atoms with Crippen LogP contribution in [0.1, 0.15) is 31.4 Å². The lowest BCUT2D eigenvalue weighted by Crippen LogP contribution is -2.24. The fourth-order valence-electron chi connectivity index (χ4n) is 1.94. The third-order valence-electron chi connectivity index (χ3n) is 3.60. The van der Waals surface area contributed by atoms with Crippen LogP contribution in [-0.4, -0.2) is 6.04 Å². The number of rotatable bonds is 7. The SMILES string of the molecule is CCC(C)NCc1ccc(OCc2ccc(Cl)cc2Cl)cc1.Cl. The average Bonchev–Trinajstić information content (AvgIpc) is 2.52. The Morgan fingerprint density at radius 3 is 2.39 bits per heavy atom. The highest BCUT2D eigenvalue weighted by Crippen LogP contribution is 2.22. The summed E-state index contributed by atoms with van der Waals surface area (Å²) < 4.78 is 5.77. The second-order valence-electron chi connectivity index (χ2n) is 5.36. The number of ether oxygens (including phenoxy) is 1. The first-order valence-corrected chi connectivity index (χ1v) is 8.23. The minimum absolute atomic E-state index is 0. The van der Waals surface area contributed by atoms with Crippen molar-refractivity contribution in [1.29, 1.82) is 0 Å². The largest absolute Gasteiger partial charge is 0.489 e. The molecule has 0 fully saturated rings. The fraction of sp³-hybridized carbons (Fsp3) is 0.333. The van der Waals surface area contributed by atoms with E-state index in [0.29, 0.717) is 22.7 Å². The van der Waals surface area contributed by atoms with Crippen LogP contribution >= 0.6 is 35.6 Å². The van der Waals surface area contributed by atoms with Crippen molar-refractivity contribution in [3.05, 3.63) is 63.6 Å². The van der Waals surface area contributed by atoms with Gasteiger partial charge in [-0.2, -0.15) is 0 Å². The highest BCUT2D eigenvalue weighted by molar-refractivity contribution is 6.35. The Hall–Kier alpha value is -0.930. The Balaban J connectivity index is 0.00000264. The summed E-state index contributed by atoms with van der Waals surface area (Å²) in [5.41, 5.74) is 2.17. The van der Waals surface area contributed by atoms with E-state index in [0.717, 1.165) is 24.3 Å². The smallest absolute Gasteiger partial charge is 0.119 e. The van der Waals surface area contributed by atoms with Gasteiger partial charge >= 0.3 is 0 Å². The molecule has 0 aliphatic carbocycles. The molecule has 23 heavy (non-hydrogen) atoms. The van der Waals surface area contributed by atoms with Crippen LogP contribution in [0.2, 0.25) is 10.0 Å². The van der Waals surface area contributed by atoms with Gasteiger partial charge in [-0.15, -0.1) is 12.4 Å². The summed E-state index contributed by atoms with van der Waals surface area (Å²) in [4.78, 5) is 0. The van der Waals surface area contributed by atoms with E-state index in [1.165, 1.54) is 5.56 Å². The Morgan fingerprint density at radius 2 is 1.78 bits per heavy atom. The molecule has 0 aliphatic rings. The second kappa shape index (κ2) is 10.0. The van der Waals surface area contributed by atoms with Gasteiger partial charge < -0.3 is 10.1 Å². The van der Waals surface area contributed by atoms with Gasteiger partial charge in [0, 0.05) is 28.2 Å². The third-order valence-corrected chi connectivity index (χ3v) is 4.19. The Morgan fingerprint density at radius 1 is 1.09 bits per heavy atom. The number of benzene rings is 2. The minimum Gasteiger partial charge on any atom is -0.489 e. The monoisotopic (exact) mass is 373 g/mol. The van der Waals surface area contributed by atoms with E-state index in [2.05, 4.69) is 31.3 Å². The molecule has 0 aliphatic heterocycles. The lowest BCUT2D eigenvalue weighted by molar-refractivity contribution is 0.306. The zero-order valence-corrected chi connectivity index (χ0v) is 15.6. The van der Waals surface area contributed by atoms with Crippen LogP contribution in [0.25, 0.3) is 0 Å². The predicted molar refractivity (Wildman–Crippen MR) is 101 cm³/mol. The molecular weight excluding hydrogens is 353 g/mol. The van der Waals surface area contributed by atoms with Crippen molar-refractivity contribution in [3.63, 3.8) is 0 Å². The molecule has 0 aromatic heterocycles. The summed E-state index contributed by atoms with van der Waals surface area (Å²) in [6.07, 6.45) is 1.13. The van der Waals surface area contributed by atoms with E-state index < -0.39 is 0 Å². The van der Waals surface area contributed by atoms with E-state index in [1.807, 2.05) is 24.3 Å². The van der Waals surface area contributed by atoms with Crippen LogP contribution in [0.15, 0.2) is 42.5 Å². The zero-order chi connectivity index (χ0) is 15.9. The van der Waals surface area contributed by atoms with Crippen LogP contribution in [0.3, 0.4) is 0 Å². The minimum atomic E-state index is 0. The maximum absolute atomic E-state index is 6.13. The van der Waals surface area contributed by atoms with Crippen LogP contribution < -0.4 is 10.1 Å². The average molecular weight is 375 g/mol. The van der Waals surface area contributed by atoms with Crippen LogP contribution in [0.4, 0.5) is 0 Å². The topological polar surface area (TPSA) is 21.3 Å². The summed E-state index contributed by atoms with van der Waals surface area (Å²) in [5, 5.41) is 4.73. The van der Waals surface area contributed by atoms with Gasteiger partial charge in [0.2, 0.25) is 0 Å². The quantitative estimate of drug-likeness (QED) is 0.653. The van der Waals surface area contributed by atoms with Gasteiger partial charge in [-0.25, -0.2) is 0 Å². The summed E-state index contributed by atoms with van der Waals surface area (Å²) >= 11 is 12.0. The molecule has 0 saturated heterocycles. The van der Waals surface area contributed by atoms with Gasteiger partial charge in [-0.3, -0.25) is 0 Å². The molecule has 1 N–H and O–H groups in total. The van der Waals surface area contributed by atoms with Crippen molar-refractivity contribution in [2.75, 3.05) is 0 Å². The summed E-state index contributed by atoms with van der Waals surface area (Å²) in [5.74, 6) is 0.832. The van der Waals surface area contributed by atoms with E-state index in [1.54, 1.807) is 6.07 Å². The molecule has 126 valence electrons. The molecule has 0 amide bonds. The Labute approximate surface area is 154 Å². The maximum Gasteiger partial charge on any atom is 0.119 e. The number of nitrogens with one attached hydrogen (secondary N) is 1. The first-order valence-electron chi connectivity index (χ1n) is 7.47. The molecule has 0 heterocycles. The Bertz CT molecular complexity index is 602. The van der Waals surface area contributed by atoms with Crippen molar-refractivity contribution in [2.45, 2.75) is 39.5 Å². The molecule has 1 unspecified atom stereocenters. The van der Waals surface area contributed by atoms with Gasteiger partial charge in [-0.05, 0) is 43.2 Å². The lowest BCUT2D eigenvalue weighted by atomic mass is 10.2. The van der Waals surface area contributed by atoms with Crippen molar-refractivity contribution >= 4 is 35.6 Å². The first-order chi connectivity index (χ1) is 10.6. The first kappa shape index (κ1) is 20.1. The van der Waals surface area contributed by atoms with E-state index in [4.69, 9.17) is 27.9 Å². The predicted octanol–water partition coefficient (Wildman–Crippen LogP) is 5.88. The molecule has 1 atom stereocenters. The standard InChI is InChI=1S/C18H21Cl2NO.ClH/c1-3-13(2)21-11-14-4-8-17(9-5-14)22-12-15-6-7-16(19)10-18(15)20;/h4-10,13,21H,3,11-12H2,1-2H3;1H. The van der Waals surface area contributed by atoms with E-state index in [-0.39, 0.29) is 12.4 Å². The summed E-state index contributed by atoms with van der Waals surface area (Å²) in [6.45, 7) is 5.67. The molecule has 2 aromatic carbocycles. The number of hydrogen-bond donors (Lipinski definition) is 1. The molecule has 0 spiro atoms. The van der Waals surface area contributed by atoms with Gasteiger partial charge in [0.05, 0.1) is 0 Å². The molecule has 0 bridgehead atoms. The van der Waals surface area contributed by atoms with Gasteiger partial charge in [-0.1, -0.05) is 48.3 Å². The van der Waals surface area contributed by atoms with Gasteiger partial charge in [0.1, 0.15) is 12.4 Å². The molecule has 0 radical (unpaired) electrons.